The molecule has 1 atom stereocenters. The van der Waals surface area contributed by atoms with Crippen molar-refractivity contribution in [3.8, 4) is 0 Å². The predicted molar refractivity (Wildman–Crippen MR) is 330 cm³/mol. The van der Waals surface area contributed by atoms with Gasteiger partial charge in [0.15, 0.2) is 6.10 Å². The summed E-state index contributed by atoms with van der Waals surface area (Å²) in [7, 11) is 0. The Balaban J connectivity index is 4.03. The van der Waals surface area contributed by atoms with Crippen molar-refractivity contribution in [2.24, 2.45) is 0 Å². The number of rotatable bonds is 57. The maximum atomic E-state index is 12.8. The molecular formula is C70H118O6. The number of hydrogen-bond acceptors (Lipinski definition) is 6. The quantitative estimate of drug-likeness (QED) is 0.0261. The van der Waals surface area contributed by atoms with Gasteiger partial charge < -0.3 is 14.2 Å². The molecule has 0 radical (unpaired) electrons. The summed E-state index contributed by atoms with van der Waals surface area (Å²) in [5.74, 6) is -0.899. The third-order valence-electron chi connectivity index (χ3n) is 13.5. The van der Waals surface area contributed by atoms with E-state index in [1.54, 1.807) is 0 Å². The van der Waals surface area contributed by atoms with E-state index in [0.717, 1.165) is 128 Å². The summed E-state index contributed by atoms with van der Waals surface area (Å²) < 4.78 is 16.8. The summed E-state index contributed by atoms with van der Waals surface area (Å²) in [6.07, 6.45) is 87.1. The van der Waals surface area contributed by atoms with Gasteiger partial charge in [0.05, 0.1) is 0 Å². The number of ether oxygens (including phenoxy) is 3. The highest BCUT2D eigenvalue weighted by Gasteiger charge is 2.19. The molecule has 0 aromatic rings. The molecule has 0 saturated carbocycles. The molecule has 0 aliphatic rings. The molecule has 0 saturated heterocycles. The van der Waals surface area contributed by atoms with Gasteiger partial charge >= 0.3 is 17.9 Å². The maximum absolute atomic E-state index is 12.8. The topological polar surface area (TPSA) is 78.9 Å². The van der Waals surface area contributed by atoms with Gasteiger partial charge in [0.2, 0.25) is 0 Å². The van der Waals surface area contributed by atoms with E-state index in [4.69, 9.17) is 14.2 Å². The lowest BCUT2D eigenvalue weighted by molar-refractivity contribution is -0.167. The van der Waals surface area contributed by atoms with E-state index in [-0.39, 0.29) is 31.1 Å². The van der Waals surface area contributed by atoms with Crippen molar-refractivity contribution in [3.05, 3.63) is 109 Å². The van der Waals surface area contributed by atoms with Crippen LogP contribution in [0.1, 0.15) is 297 Å². The minimum Gasteiger partial charge on any atom is -0.462 e. The maximum Gasteiger partial charge on any atom is 0.306 e. The van der Waals surface area contributed by atoms with E-state index in [1.165, 1.54) is 128 Å². The average molecular weight is 1060 g/mol. The molecule has 0 rings (SSSR count). The fourth-order valence-corrected chi connectivity index (χ4v) is 8.81. The van der Waals surface area contributed by atoms with Gasteiger partial charge in [-0.05, 0) is 103 Å². The van der Waals surface area contributed by atoms with E-state index in [1.807, 2.05) is 0 Å². The van der Waals surface area contributed by atoms with Crippen LogP contribution in [0.4, 0.5) is 0 Å². The Labute approximate surface area is 470 Å². The molecule has 0 aromatic heterocycles. The van der Waals surface area contributed by atoms with Gasteiger partial charge in [-0.15, -0.1) is 0 Å². The van der Waals surface area contributed by atoms with Crippen LogP contribution in [0, 0.1) is 0 Å². The van der Waals surface area contributed by atoms with Crippen molar-refractivity contribution in [2.45, 2.75) is 303 Å². The molecule has 0 fully saturated rings. The number of unbranched alkanes of at least 4 members (excludes halogenated alkanes) is 28. The third kappa shape index (κ3) is 60.9. The molecule has 76 heavy (non-hydrogen) atoms. The van der Waals surface area contributed by atoms with Crippen LogP contribution < -0.4 is 0 Å². The Morgan fingerprint density at radius 2 is 0.513 bits per heavy atom. The summed E-state index contributed by atoms with van der Waals surface area (Å²) in [5.41, 5.74) is 0. The minimum atomic E-state index is -0.782. The second kappa shape index (κ2) is 63.6. The van der Waals surface area contributed by atoms with Gasteiger partial charge in [-0.25, -0.2) is 0 Å². The van der Waals surface area contributed by atoms with Crippen LogP contribution in [0.25, 0.3) is 0 Å². The molecule has 0 amide bonds. The van der Waals surface area contributed by atoms with Gasteiger partial charge in [0.1, 0.15) is 13.2 Å². The van der Waals surface area contributed by atoms with Crippen LogP contribution in [0.2, 0.25) is 0 Å². The van der Waals surface area contributed by atoms with Gasteiger partial charge in [0, 0.05) is 19.3 Å². The molecule has 1 unspecified atom stereocenters. The summed E-state index contributed by atoms with van der Waals surface area (Å²) in [5, 5.41) is 0. The predicted octanol–water partition coefficient (Wildman–Crippen LogP) is 21.8. The second-order valence-electron chi connectivity index (χ2n) is 20.9. The first kappa shape index (κ1) is 72.1. The van der Waals surface area contributed by atoms with Crippen molar-refractivity contribution >= 4 is 17.9 Å². The first-order valence-corrected chi connectivity index (χ1v) is 31.9. The first-order valence-electron chi connectivity index (χ1n) is 31.9. The summed E-state index contributed by atoms with van der Waals surface area (Å²) >= 11 is 0. The van der Waals surface area contributed by atoms with Crippen LogP contribution in [0.3, 0.4) is 0 Å². The summed E-state index contributed by atoms with van der Waals surface area (Å²) in [6, 6.07) is 0. The molecule has 0 bridgehead atoms. The van der Waals surface area contributed by atoms with Crippen LogP contribution in [0.5, 0.6) is 0 Å². The van der Waals surface area contributed by atoms with Gasteiger partial charge in [-0.2, -0.15) is 0 Å². The molecule has 0 spiro atoms. The molecule has 6 heteroatoms. The SMILES string of the molecule is CC/C=C\C/C=C\C/C=C\C/C=C\C/C=C\CCCCCCCCCCCCCCCCCCCC(=O)OCC(COC(=O)CCCCCCCC)OC(=O)CCCCCCCC/C=C\C/C=C\C/C=C\C/C=C\CC. The zero-order valence-corrected chi connectivity index (χ0v) is 49.7. The lowest BCUT2D eigenvalue weighted by atomic mass is 10.0. The number of hydrogen-bond donors (Lipinski definition) is 0. The van der Waals surface area contributed by atoms with Crippen LogP contribution in [-0.4, -0.2) is 37.2 Å². The van der Waals surface area contributed by atoms with E-state index >= 15 is 0 Å². The van der Waals surface area contributed by atoms with Crippen LogP contribution in [0.15, 0.2) is 109 Å². The standard InChI is InChI=1S/C70H118O6/c1-4-7-10-13-16-18-20-22-24-26-28-29-30-31-32-33-34-35-36-37-38-39-40-41-43-44-46-48-50-52-54-57-60-63-69(72)75-66-67(65-74-68(71)62-59-56-15-12-9-6-3)76-70(73)64-61-58-55-53-51-49-47-45-42-27-25-23-21-19-17-14-11-8-5-2/h7-8,10-11,16-19,22-25,28-29,31-32,42,45,67H,4-6,9,12-15,20-21,26-27,30,33-41,43-44,46-66H2,1-3H3/b10-7-,11-8-,18-16-,19-17-,24-22-,25-23-,29-28-,32-31-,45-42-. The number of carbonyl (C=O) groups is 3. The third-order valence-corrected chi connectivity index (χ3v) is 13.5. The van der Waals surface area contributed by atoms with Gasteiger partial charge in [0.25, 0.3) is 0 Å². The zero-order valence-electron chi connectivity index (χ0n) is 49.7. The number of esters is 3. The largest absolute Gasteiger partial charge is 0.462 e. The molecular weight excluding hydrogens is 937 g/mol. The Hall–Kier alpha value is -3.93. The summed E-state index contributed by atoms with van der Waals surface area (Å²) in [4.78, 5) is 38.0. The Kier molecular flexibility index (Phi) is 60.3. The van der Waals surface area contributed by atoms with Crippen molar-refractivity contribution in [1.29, 1.82) is 0 Å². The van der Waals surface area contributed by atoms with E-state index in [2.05, 4.69) is 130 Å². The summed E-state index contributed by atoms with van der Waals surface area (Å²) in [6.45, 7) is 6.36. The van der Waals surface area contributed by atoms with Crippen LogP contribution in [-0.2, 0) is 28.6 Å². The van der Waals surface area contributed by atoms with E-state index < -0.39 is 6.10 Å². The molecule has 0 aliphatic carbocycles. The first-order chi connectivity index (χ1) is 37.5. The smallest absolute Gasteiger partial charge is 0.306 e. The highest BCUT2D eigenvalue weighted by atomic mass is 16.6. The number of allylic oxidation sites excluding steroid dienone is 18. The van der Waals surface area contributed by atoms with Crippen molar-refractivity contribution in [1.82, 2.24) is 0 Å². The number of carbonyl (C=O) groups excluding carboxylic acids is 3. The molecule has 0 aromatic carbocycles. The van der Waals surface area contributed by atoms with Crippen molar-refractivity contribution < 1.29 is 28.6 Å². The monoisotopic (exact) mass is 1050 g/mol. The zero-order chi connectivity index (χ0) is 55.0. The highest BCUT2D eigenvalue weighted by Crippen LogP contribution is 2.16. The molecule has 0 heterocycles. The van der Waals surface area contributed by atoms with Gasteiger partial charge in [-0.1, -0.05) is 284 Å². The van der Waals surface area contributed by atoms with Crippen molar-refractivity contribution in [3.63, 3.8) is 0 Å². The van der Waals surface area contributed by atoms with Crippen molar-refractivity contribution in [2.75, 3.05) is 13.2 Å². The molecule has 6 nitrogen and oxygen atoms in total. The Morgan fingerprint density at radius 1 is 0.276 bits per heavy atom. The van der Waals surface area contributed by atoms with E-state index in [0.29, 0.717) is 19.3 Å². The molecule has 0 aliphatic heterocycles. The fourth-order valence-electron chi connectivity index (χ4n) is 8.81. The highest BCUT2D eigenvalue weighted by molar-refractivity contribution is 5.71. The minimum absolute atomic E-state index is 0.0817. The molecule has 434 valence electrons. The van der Waals surface area contributed by atoms with E-state index in [9.17, 15) is 14.4 Å². The van der Waals surface area contributed by atoms with Gasteiger partial charge in [-0.3, -0.25) is 14.4 Å². The van der Waals surface area contributed by atoms with Crippen LogP contribution >= 0.6 is 0 Å². The fraction of sp³-hybridized carbons (Fsp3) is 0.700. The Morgan fingerprint density at radius 3 is 0.803 bits per heavy atom. The normalized spacial score (nSPS) is 12.8. The lowest BCUT2D eigenvalue weighted by Crippen LogP contribution is -2.30. The average Bonchev–Trinajstić information content (AvgIpc) is 3.42. The second-order valence-corrected chi connectivity index (χ2v) is 20.9. The molecule has 0 N–H and O–H groups in total. The lowest BCUT2D eigenvalue weighted by Gasteiger charge is -2.18. The Bertz CT molecular complexity index is 1540.